The van der Waals surface area contributed by atoms with Crippen LogP contribution in [0.25, 0.3) is 0 Å². The third-order valence-corrected chi connectivity index (χ3v) is 8.57. The largest absolute Gasteiger partial charge is 0.318 e. The van der Waals surface area contributed by atoms with Crippen LogP contribution in [0.4, 0.5) is 0 Å². The fourth-order valence-corrected chi connectivity index (χ4v) is 7.04. The van der Waals surface area contributed by atoms with E-state index >= 15 is 0 Å². The van der Waals surface area contributed by atoms with Crippen LogP contribution in [0.5, 0.6) is 0 Å². The zero-order valence-corrected chi connectivity index (χ0v) is 17.6. The van der Waals surface area contributed by atoms with Crippen LogP contribution >= 0.6 is 0 Å². The molecule has 2 N–H and O–H groups in total. The van der Waals surface area contributed by atoms with E-state index < -0.39 is 0 Å². The van der Waals surface area contributed by atoms with Crippen molar-refractivity contribution in [2.45, 2.75) is 86.1 Å². The number of hydrogen-bond donors (Lipinski definition) is 1. The molecular weight excluding hydrogens is 302 g/mol. The Morgan fingerprint density at radius 1 is 1.12 bits per heavy atom. The van der Waals surface area contributed by atoms with Crippen molar-refractivity contribution in [3.63, 3.8) is 0 Å². The molecule has 0 aromatic rings. The Morgan fingerprint density at radius 2 is 1.76 bits per heavy atom. The molecule has 2 bridgehead atoms. The van der Waals surface area contributed by atoms with Crippen LogP contribution in [0.1, 0.15) is 80.6 Å². The van der Waals surface area contributed by atoms with Crippen molar-refractivity contribution in [2.24, 2.45) is 33.8 Å². The molecule has 5 unspecified atom stereocenters. The molecule has 0 aromatic heterocycles. The Labute approximate surface area is 155 Å². The van der Waals surface area contributed by atoms with Gasteiger partial charge in [-0.25, -0.2) is 0 Å². The van der Waals surface area contributed by atoms with Crippen molar-refractivity contribution >= 4 is 0 Å². The first-order valence-electron chi connectivity index (χ1n) is 10.5. The molecule has 0 saturated heterocycles. The lowest BCUT2D eigenvalue weighted by Crippen LogP contribution is -2.48. The van der Waals surface area contributed by atoms with E-state index in [9.17, 15) is 0 Å². The molecule has 1 spiro atoms. The molecule has 0 heterocycles. The van der Waals surface area contributed by atoms with Gasteiger partial charge >= 0.3 is 0 Å². The molecule has 0 amide bonds. The molecule has 4 aliphatic carbocycles. The molecule has 5 atom stereocenters. The second-order valence-corrected chi connectivity index (χ2v) is 9.78. The zero-order chi connectivity index (χ0) is 18.8. The van der Waals surface area contributed by atoms with E-state index in [0.29, 0.717) is 22.7 Å². The molecule has 0 aliphatic heterocycles. The van der Waals surface area contributed by atoms with Gasteiger partial charge in [0.05, 0.1) is 5.54 Å². The molecular formula is C24H39N. The summed E-state index contributed by atoms with van der Waals surface area (Å²) < 4.78 is 0. The van der Waals surface area contributed by atoms with Crippen LogP contribution in [0.15, 0.2) is 35.5 Å². The summed E-state index contributed by atoms with van der Waals surface area (Å²) >= 11 is 0. The van der Waals surface area contributed by atoms with E-state index in [-0.39, 0.29) is 11.0 Å². The van der Waals surface area contributed by atoms with Crippen molar-refractivity contribution in [2.75, 3.05) is 0 Å². The van der Waals surface area contributed by atoms with E-state index in [1.54, 1.807) is 11.1 Å². The molecule has 0 radical (unpaired) electrons. The highest BCUT2D eigenvalue weighted by molar-refractivity contribution is 5.49. The van der Waals surface area contributed by atoms with Gasteiger partial charge in [0.2, 0.25) is 0 Å². The highest BCUT2D eigenvalue weighted by Gasteiger charge is 2.76. The average molecular weight is 342 g/mol. The molecule has 4 aliphatic rings. The van der Waals surface area contributed by atoms with Crippen LogP contribution in [0.3, 0.4) is 0 Å². The third-order valence-electron chi connectivity index (χ3n) is 8.57. The first kappa shape index (κ1) is 19.0. The maximum atomic E-state index is 7.25. The number of hydrogen-bond acceptors (Lipinski definition) is 1. The smallest absolute Gasteiger partial charge is 0.0602 e. The van der Waals surface area contributed by atoms with E-state index in [2.05, 4.69) is 53.3 Å². The van der Waals surface area contributed by atoms with Gasteiger partial charge in [-0.3, -0.25) is 0 Å². The topological polar surface area (TPSA) is 26.0 Å². The van der Waals surface area contributed by atoms with Crippen molar-refractivity contribution < 1.29 is 0 Å². The predicted octanol–water partition coefficient (Wildman–Crippen LogP) is 6.42. The molecule has 2 saturated carbocycles. The van der Waals surface area contributed by atoms with E-state index in [1.165, 1.54) is 31.3 Å². The quantitative estimate of drug-likeness (QED) is 0.547. The Morgan fingerprint density at radius 3 is 2.36 bits per heavy atom. The Hall–Kier alpha value is -0.820. The van der Waals surface area contributed by atoms with Crippen molar-refractivity contribution in [3.8, 4) is 0 Å². The van der Waals surface area contributed by atoms with E-state index in [0.717, 1.165) is 6.42 Å². The number of allylic oxidation sites excluding steroid dienone is 3. The summed E-state index contributed by atoms with van der Waals surface area (Å²) in [6.45, 7) is 20.6. The summed E-state index contributed by atoms with van der Waals surface area (Å²) in [7, 11) is 0. The maximum absolute atomic E-state index is 7.25. The SMILES string of the molecule is C=C1C2(N)C=C(CC)CC3CC(C)=CC13CCC1(C)C2C1(C)C.CC. The lowest BCUT2D eigenvalue weighted by atomic mass is 9.64. The molecule has 1 nitrogen and oxygen atoms in total. The predicted molar refractivity (Wildman–Crippen MR) is 109 cm³/mol. The van der Waals surface area contributed by atoms with Crippen LogP contribution in [-0.4, -0.2) is 5.54 Å². The molecule has 0 aromatic carbocycles. The maximum Gasteiger partial charge on any atom is 0.0602 e. The summed E-state index contributed by atoms with van der Waals surface area (Å²) in [4.78, 5) is 0. The van der Waals surface area contributed by atoms with Crippen LogP contribution in [0.2, 0.25) is 0 Å². The van der Waals surface area contributed by atoms with Crippen LogP contribution in [0, 0.1) is 28.1 Å². The fourth-order valence-electron chi connectivity index (χ4n) is 7.04. The number of fused-ring (bicyclic) bond motifs is 3. The highest BCUT2D eigenvalue weighted by atomic mass is 14.9. The standard InChI is InChI=1S/C22H33N.C2H6/c1-7-16-11-17-10-14(2)12-21(17)9-8-20(6)18(19(20,4)5)22(23,13-16)15(21)3;1-2/h12-13,17-18H,3,7-11,23H2,1-2,4-6H3;1-2H3. The van der Waals surface area contributed by atoms with Gasteiger partial charge in [0.1, 0.15) is 0 Å². The molecule has 25 heavy (non-hydrogen) atoms. The highest BCUT2D eigenvalue weighted by Crippen LogP contribution is 2.79. The van der Waals surface area contributed by atoms with Gasteiger partial charge in [0.25, 0.3) is 0 Å². The van der Waals surface area contributed by atoms with Gasteiger partial charge in [-0.15, -0.1) is 0 Å². The normalized spacial score (nSPS) is 46.5. The van der Waals surface area contributed by atoms with Gasteiger partial charge in [-0.1, -0.05) is 71.4 Å². The molecule has 2 fully saturated rings. The summed E-state index contributed by atoms with van der Waals surface area (Å²) in [5.41, 5.74) is 12.2. The van der Waals surface area contributed by atoms with Crippen LogP contribution < -0.4 is 5.73 Å². The van der Waals surface area contributed by atoms with Crippen LogP contribution in [-0.2, 0) is 0 Å². The van der Waals surface area contributed by atoms with Crippen molar-refractivity contribution in [1.82, 2.24) is 0 Å². The third kappa shape index (κ3) is 2.17. The van der Waals surface area contributed by atoms with Gasteiger partial charge in [-0.2, -0.15) is 0 Å². The lowest BCUT2D eigenvalue weighted by Gasteiger charge is -2.42. The number of nitrogens with two attached hydrogens (primary N) is 1. The minimum Gasteiger partial charge on any atom is -0.318 e. The fraction of sp³-hybridized carbons (Fsp3) is 0.750. The summed E-state index contributed by atoms with van der Waals surface area (Å²) in [6.07, 6.45) is 11.1. The van der Waals surface area contributed by atoms with Crippen molar-refractivity contribution in [3.05, 3.63) is 35.5 Å². The first-order valence-corrected chi connectivity index (χ1v) is 10.5. The summed E-state index contributed by atoms with van der Waals surface area (Å²) in [5.74, 6) is 1.22. The lowest BCUT2D eigenvalue weighted by molar-refractivity contribution is 0.236. The molecule has 140 valence electrons. The summed E-state index contributed by atoms with van der Waals surface area (Å²) in [6, 6.07) is 0. The Bertz CT molecular complexity index is 651. The number of rotatable bonds is 1. The van der Waals surface area contributed by atoms with Gasteiger partial charge in [0.15, 0.2) is 0 Å². The monoisotopic (exact) mass is 341 g/mol. The van der Waals surface area contributed by atoms with Gasteiger partial charge in [0, 0.05) is 5.41 Å². The Balaban J connectivity index is 0.000000880. The molecule has 1 heteroatoms. The molecule has 4 rings (SSSR count). The second-order valence-electron chi connectivity index (χ2n) is 9.78. The minimum atomic E-state index is -0.323. The summed E-state index contributed by atoms with van der Waals surface area (Å²) in [5, 5.41) is 0. The first-order chi connectivity index (χ1) is 11.6. The minimum absolute atomic E-state index is 0.152. The van der Waals surface area contributed by atoms with E-state index in [1.807, 2.05) is 13.8 Å². The van der Waals surface area contributed by atoms with Crippen molar-refractivity contribution in [1.29, 1.82) is 0 Å². The second kappa shape index (κ2) is 5.59. The van der Waals surface area contributed by atoms with E-state index in [4.69, 9.17) is 5.73 Å². The van der Waals surface area contributed by atoms with Gasteiger partial charge in [-0.05, 0) is 67.3 Å². The average Bonchev–Trinajstić information content (AvgIpc) is 2.90. The van der Waals surface area contributed by atoms with Gasteiger partial charge < -0.3 is 5.73 Å². The zero-order valence-electron chi connectivity index (χ0n) is 17.6. The Kier molecular flexibility index (Phi) is 4.24.